The second kappa shape index (κ2) is 19.1. The number of carbonyl (C=O) groups is 5. The molecule has 1 aromatic heterocycles. The molecule has 0 bridgehead atoms. The molecule has 0 spiro atoms. The van der Waals surface area contributed by atoms with Crippen LogP contribution in [0, 0.1) is 0 Å². The van der Waals surface area contributed by atoms with E-state index in [0.29, 0.717) is 24.5 Å². The topological polar surface area (TPSA) is 202 Å². The van der Waals surface area contributed by atoms with Gasteiger partial charge < -0.3 is 43.9 Å². The van der Waals surface area contributed by atoms with Gasteiger partial charge in [-0.05, 0) is 12.8 Å². The number of methoxy groups -OCH3 is 1. The Bertz CT molecular complexity index is 1560. The molecule has 2 aliphatic rings. The molecular weight excluding hydrogens is 687 g/mol. The Morgan fingerprint density at radius 1 is 1.00 bits per heavy atom. The number of hydrogen-bond acceptors (Lipinski definition) is 14. The number of benzene rings is 1. The lowest BCUT2D eigenvalue weighted by Crippen LogP contribution is -2.56. The normalized spacial score (nSPS) is 16.9. The molecule has 2 saturated heterocycles. The minimum Gasteiger partial charge on any atom is -0.603 e. The second-order valence-corrected chi connectivity index (χ2v) is 12.8. The molecule has 3 heterocycles. The molecular formula is C33H43N6O11P. The lowest BCUT2D eigenvalue weighted by atomic mass is 10.2. The van der Waals surface area contributed by atoms with Gasteiger partial charge in [0, 0.05) is 71.9 Å². The summed E-state index contributed by atoms with van der Waals surface area (Å²) in [5.41, 5.74) is 0.582. The van der Waals surface area contributed by atoms with Crippen LogP contribution in [-0.4, -0.2) is 127 Å². The quantitative estimate of drug-likeness (QED) is 0.127. The highest BCUT2D eigenvalue weighted by Gasteiger charge is 2.34. The molecule has 0 saturated carbocycles. The summed E-state index contributed by atoms with van der Waals surface area (Å²) >= 11 is 0. The smallest absolute Gasteiger partial charge is 0.409 e. The number of nitrogens with one attached hydrogen (secondary N) is 1. The summed E-state index contributed by atoms with van der Waals surface area (Å²) < 4.78 is 25.5. The first kappa shape index (κ1) is 39.1. The Kier molecular flexibility index (Phi) is 14.6. The fraction of sp³-hybridized carbons (Fsp3) is 0.515. The van der Waals surface area contributed by atoms with Crippen LogP contribution in [0.15, 0.2) is 36.4 Å². The molecule has 3 amide bonds. The Hall–Kier alpha value is -4.70. The lowest BCUT2D eigenvalue weighted by molar-refractivity contribution is -0.251. The Labute approximate surface area is 296 Å². The van der Waals surface area contributed by atoms with Crippen LogP contribution < -0.4 is 15.1 Å². The van der Waals surface area contributed by atoms with Crippen LogP contribution in [0.1, 0.15) is 50.5 Å². The standard InChI is InChI=1S/C33H43N6O11P/c1-5-6-18-47-32(44)38-16-14-37(15-17-38)31(43)27(21-51(45)50-33(48-22(2)40)49-23(3)41)35-30(42)26-19-28(39-13-12-25(20-39)46-4)36-29(34-26)24-10-8-7-9-11-24/h7-11,19,21,25,27,33H,5-6,12-18,20H2,1-4H3,(H,35,42)/t25-,27-/m0/s1. The molecule has 1 aromatic carbocycles. The van der Waals surface area contributed by atoms with Crippen molar-refractivity contribution >= 4 is 49.5 Å². The fourth-order valence-corrected chi connectivity index (χ4v) is 5.99. The molecule has 2 aromatic rings. The van der Waals surface area contributed by atoms with Crippen LogP contribution in [0.5, 0.6) is 0 Å². The molecule has 4 rings (SSSR count). The van der Waals surface area contributed by atoms with E-state index in [9.17, 15) is 28.9 Å². The number of hydrogen-bond donors (Lipinski definition) is 1. The average Bonchev–Trinajstić information content (AvgIpc) is 3.60. The summed E-state index contributed by atoms with van der Waals surface area (Å²) in [6.45, 7) is 4.02. The van der Waals surface area contributed by atoms with Crippen LogP contribution >= 0.6 is 8.00 Å². The van der Waals surface area contributed by atoms with Crippen molar-refractivity contribution in [3.63, 3.8) is 0 Å². The molecule has 2 fully saturated rings. The summed E-state index contributed by atoms with van der Waals surface area (Å²) in [5.74, 6) is -1.57. The van der Waals surface area contributed by atoms with Gasteiger partial charge in [0.05, 0.1) is 12.7 Å². The maximum atomic E-state index is 13.9. The van der Waals surface area contributed by atoms with Crippen molar-refractivity contribution in [1.82, 2.24) is 25.1 Å². The Morgan fingerprint density at radius 2 is 1.67 bits per heavy atom. The molecule has 51 heavy (non-hydrogen) atoms. The van der Waals surface area contributed by atoms with Gasteiger partial charge in [-0.1, -0.05) is 48.2 Å². The number of aromatic nitrogens is 2. The van der Waals surface area contributed by atoms with E-state index >= 15 is 0 Å². The highest BCUT2D eigenvalue weighted by atomic mass is 31.1. The SMILES string of the molecule is CCCCOC(=O)N1CCN(C(=O)[C@H](C=[P+]([O-])OC(OC(C)=O)OC(C)=O)NC(=O)c2cc(N3CC[C@H](OC)C3)nc(-c3ccccc3)n2)CC1. The first-order chi connectivity index (χ1) is 24.5. The predicted octanol–water partition coefficient (Wildman–Crippen LogP) is 1.45. The van der Waals surface area contributed by atoms with Gasteiger partial charge in [-0.15, -0.1) is 0 Å². The van der Waals surface area contributed by atoms with E-state index in [-0.39, 0.29) is 50.4 Å². The molecule has 2 aliphatic heterocycles. The predicted molar refractivity (Wildman–Crippen MR) is 182 cm³/mol. The van der Waals surface area contributed by atoms with Gasteiger partial charge in [-0.3, -0.25) is 19.2 Å². The van der Waals surface area contributed by atoms with E-state index in [1.807, 2.05) is 30.0 Å². The fourth-order valence-electron chi connectivity index (χ4n) is 5.22. The van der Waals surface area contributed by atoms with E-state index in [4.69, 9.17) is 28.5 Å². The molecule has 0 aliphatic carbocycles. The summed E-state index contributed by atoms with van der Waals surface area (Å²) in [4.78, 5) is 90.5. The zero-order valence-corrected chi connectivity index (χ0v) is 29.9. The molecule has 3 atom stereocenters. The third-order valence-electron chi connectivity index (χ3n) is 7.89. The number of unbranched alkanes of at least 4 members (excludes halogenated alkanes) is 1. The average molecular weight is 731 g/mol. The van der Waals surface area contributed by atoms with Crippen molar-refractivity contribution in [1.29, 1.82) is 0 Å². The molecule has 1 unspecified atom stereocenters. The number of nitrogens with zero attached hydrogens (tertiary/aromatic N) is 5. The number of amides is 3. The lowest BCUT2D eigenvalue weighted by Gasteiger charge is -2.35. The van der Waals surface area contributed by atoms with Crippen LogP contribution in [0.25, 0.3) is 11.4 Å². The zero-order chi connectivity index (χ0) is 36.9. The molecule has 0 radical (unpaired) electrons. The number of piperazine rings is 1. The summed E-state index contributed by atoms with van der Waals surface area (Å²) in [6, 6.07) is 9.00. The van der Waals surface area contributed by atoms with Gasteiger partial charge in [-0.25, -0.2) is 14.8 Å². The summed E-state index contributed by atoms with van der Waals surface area (Å²) in [7, 11) is -1.37. The third-order valence-corrected chi connectivity index (χ3v) is 8.81. The minimum atomic E-state index is -3.00. The van der Waals surface area contributed by atoms with Gasteiger partial charge in [0.2, 0.25) is 8.00 Å². The van der Waals surface area contributed by atoms with Crippen molar-refractivity contribution < 1.29 is 52.3 Å². The molecule has 276 valence electrons. The van der Waals surface area contributed by atoms with Crippen molar-refractivity contribution in [2.24, 2.45) is 0 Å². The van der Waals surface area contributed by atoms with E-state index in [1.54, 1.807) is 19.2 Å². The summed E-state index contributed by atoms with van der Waals surface area (Å²) in [5, 5.41) is 2.60. The Balaban J connectivity index is 1.61. The van der Waals surface area contributed by atoms with Gasteiger partial charge >= 0.3 is 24.5 Å². The van der Waals surface area contributed by atoms with Gasteiger partial charge in [0.25, 0.3) is 11.8 Å². The van der Waals surface area contributed by atoms with E-state index in [2.05, 4.69) is 10.3 Å². The highest BCUT2D eigenvalue weighted by Crippen LogP contribution is 2.25. The zero-order valence-electron chi connectivity index (χ0n) is 29.0. The molecule has 18 heteroatoms. The third kappa shape index (κ3) is 11.7. The number of esters is 2. The van der Waals surface area contributed by atoms with E-state index < -0.39 is 50.4 Å². The van der Waals surface area contributed by atoms with E-state index in [0.717, 1.165) is 38.9 Å². The molecule has 1 N–H and O–H groups in total. The largest absolute Gasteiger partial charge is 0.603 e. The van der Waals surface area contributed by atoms with Crippen molar-refractivity contribution in [3.8, 4) is 11.4 Å². The van der Waals surface area contributed by atoms with Crippen LogP contribution in [0.4, 0.5) is 10.6 Å². The van der Waals surface area contributed by atoms with Crippen LogP contribution in [0.3, 0.4) is 0 Å². The maximum Gasteiger partial charge on any atom is 0.409 e. The van der Waals surface area contributed by atoms with Gasteiger partial charge in [-0.2, -0.15) is 0 Å². The second-order valence-electron chi connectivity index (χ2n) is 11.7. The minimum absolute atomic E-state index is 0.0215. The van der Waals surface area contributed by atoms with Crippen LogP contribution in [0.2, 0.25) is 0 Å². The van der Waals surface area contributed by atoms with Crippen molar-refractivity contribution in [3.05, 3.63) is 42.1 Å². The molecule has 17 nitrogen and oxygen atoms in total. The van der Waals surface area contributed by atoms with Gasteiger partial charge in [0.1, 0.15) is 17.3 Å². The number of carbonyl (C=O) groups excluding carboxylic acids is 5. The van der Waals surface area contributed by atoms with Crippen molar-refractivity contribution in [2.75, 3.05) is 57.9 Å². The maximum absolute atomic E-state index is 13.9. The highest BCUT2D eigenvalue weighted by molar-refractivity contribution is 7.45. The van der Waals surface area contributed by atoms with Crippen molar-refractivity contribution in [2.45, 2.75) is 58.7 Å². The first-order valence-electron chi connectivity index (χ1n) is 16.5. The Morgan fingerprint density at radius 3 is 2.27 bits per heavy atom. The number of anilines is 1. The number of rotatable bonds is 14. The van der Waals surface area contributed by atoms with Crippen LogP contribution in [-0.2, 0) is 37.9 Å². The summed E-state index contributed by atoms with van der Waals surface area (Å²) in [6.07, 6.45) is 1.83. The number of ether oxygens (including phenoxy) is 4. The van der Waals surface area contributed by atoms with Gasteiger partial charge in [0.15, 0.2) is 11.9 Å². The monoisotopic (exact) mass is 730 g/mol. The van der Waals surface area contributed by atoms with E-state index in [1.165, 1.54) is 15.9 Å². The first-order valence-corrected chi connectivity index (χ1v) is 17.8.